The highest BCUT2D eigenvalue weighted by atomic mass is 32.1. The Hall–Kier alpha value is -2.36. The number of nitrogens with two attached hydrogens (primary N) is 1. The first-order chi connectivity index (χ1) is 12.0. The van der Waals surface area contributed by atoms with Crippen LogP contribution in [0.1, 0.15) is 20.9 Å². The highest BCUT2D eigenvalue weighted by molar-refractivity contribution is 7.23. The maximum Gasteiger partial charge on any atom is 0.269 e. The van der Waals surface area contributed by atoms with E-state index in [1.807, 2.05) is 37.4 Å². The molecule has 0 unspecified atom stereocenters. The van der Waals surface area contributed by atoms with Gasteiger partial charge in [-0.1, -0.05) is 17.4 Å². The fourth-order valence-corrected chi connectivity index (χ4v) is 5.21. The van der Waals surface area contributed by atoms with Crippen LogP contribution in [-0.2, 0) is 0 Å². The minimum absolute atomic E-state index is 0.286. The second kappa shape index (κ2) is 6.17. The Labute approximate surface area is 155 Å². The van der Waals surface area contributed by atoms with Gasteiger partial charge in [0, 0.05) is 11.1 Å². The lowest BCUT2D eigenvalue weighted by molar-refractivity contribution is 0.103. The van der Waals surface area contributed by atoms with Gasteiger partial charge < -0.3 is 5.73 Å². The quantitative estimate of drug-likeness (QED) is 0.546. The van der Waals surface area contributed by atoms with Crippen LogP contribution in [0.3, 0.4) is 0 Å². The molecule has 0 aliphatic heterocycles. The summed E-state index contributed by atoms with van der Waals surface area (Å²) in [5, 5.41) is 15.0. The molecule has 126 valence electrons. The number of hydrogen-bond acceptors (Lipinski definition) is 8. The van der Waals surface area contributed by atoms with Crippen molar-refractivity contribution in [1.82, 2.24) is 15.2 Å². The lowest BCUT2D eigenvalue weighted by Gasteiger charge is -2.01. The van der Waals surface area contributed by atoms with Crippen LogP contribution < -0.4 is 11.1 Å². The van der Waals surface area contributed by atoms with Crippen molar-refractivity contribution in [2.75, 3.05) is 11.1 Å². The molecule has 4 rings (SSSR count). The molecule has 3 N–H and O–H groups in total. The molecule has 4 aromatic heterocycles. The van der Waals surface area contributed by atoms with E-state index < -0.39 is 0 Å². The van der Waals surface area contributed by atoms with E-state index in [1.165, 1.54) is 22.7 Å². The maximum atomic E-state index is 12.6. The first-order valence-electron chi connectivity index (χ1n) is 7.38. The largest absolute Gasteiger partial charge is 0.397 e. The van der Waals surface area contributed by atoms with Crippen molar-refractivity contribution in [3.63, 3.8) is 0 Å². The highest BCUT2D eigenvalue weighted by Crippen LogP contribution is 2.36. The molecule has 0 aliphatic rings. The van der Waals surface area contributed by atoms with Gasteiger partial charge in [0.1, 0.15) is 9.71 Å². The number of carbonyl (C=O) groups excluding carboxylic acids is 1. The number of hydrogen-bond donors (Lipinski definition) is 2. The Morgan fingerprint density at radius 1 is 1.24 bits per heavy atom. The summed E-state index contributed by atoms with van der Waals surface area (Å²) in [7, 11) is 0. The molecule has 0 aliphatic carbocycles. The second-order valence-electron chi connectivity index (χ2n) is 5.45. The van der Waals surface area contributed by atoms with Gasteiger partial charge in [0.15, 0.2) is 5.01 Å². The smallest absolute Gasteiger partial charge is 0.269 e. The monoisotopic (exact) mass is 387 g/mol. The van der Waals surface area contributed by atoms with Gasteiger partial charge >= 0.3 is 0 Å². The Morgan fingerprint density at radius 3 is 2.84 bits per heavy atom. The van der Waals surface area contributed by atoms with Gasteiger partial charge in [-0.05, 0) is 36.9 Å². The molecule has 1 amide bonds. The highest BCUT2D eigenvalue weighted by Gasteiger charge is 2.20. The summed E-state index contributed by atoms with van der Waals surface area (Å²) in [5.74, 6) is -0.286. The molecule has 0 radical (unpaired) electrons. The molecular weight excluding hydrogens is 374 g/mol. The summed E-state index contributed by atoms with van der Waals surface area (Å²) >= 11 is 4.21. The van der Waals surface area contributed by atoms with Gasteiger partial charge in [-0.25, -0.2) is 4.98 Å². The molecule has 0 bridgehead atoms. The van der Waals surface area contributed by atoms with Crippen LogP contribution >= 0.6 is 34.0 Å². The molecular formula is C16H13N5OS3. The molecule has 0 saturated heterocycles. The number of nitrogen functional groups attached to an aromatic ring is 1. The number of pyridine rings is 1. The average molecular weight is 388 g/mol. The van der Waals surface area contributed by atoms with Crippen molar-refractivity contribution in [1.29, 1.82) is 0 Å². The number of amides is 1. The molecule has 25 heavy (non-hydrogen) atoms. The molecule has 0 spiro atoms. The summed E-state index contributed by atoms with van der Waals surface area (Å²) in [6, 6.07) is 5.89. The van der Waals surface area contributed by atoms with Crippen molar-refractivity contribution in [3.8, 4) is 9.88 Å². The third kappa shape index (κ3) is 2.90. The SMILES string of the molecule is Cc1cc(C)c2c(N)c(C(=O)Nc3nnc(-c4cccs4)s3)sc2n1. The number of nitrogens with zero attached hydrogens (tertiary/aromatic N) is 3. The molecule has 6 nitrogen and oxygen atoms in total. The Balaban J connectivity index is 1.64. The van der Waals surface area contributed by atoms with Crippen LogP contribution in [0.4, 0.5) is 10.8 Å². The van der Waals surface area contributed by atoms with Gasteiger partial charge in [0.2, 0.25) is 5.13 Å². The van der Waals surface area contributed by atoms with Crippen LogP contribution in [0.2, 0.25) is 0 Å². The number of rotatable bonds is 3. The van der Waals surface area contributed by atoms with E-state index in [-0.39, 0.29) is 5.91 Å². The van der Waals surface area contributed by atoms with Gasteiger partial charge in [0.05, 0.1) is 10.6 Å². The third-order valence-corrected chi connectivity index (χ3v) is 6.58. The Bertz CT molecular complexity index is 1080. The van der Waals surface area contributed by atoms with Crippen LogP contribution in [0, 0.1) is 13.8 Å². The number of aromatic nitrogens is 3. The lowest BCUT2D eigenvalue weighted by Crippen LogP contribution is -2.11. The average Bonchev–Trinajstić information content (AvgIpc) is 3.26. The molecule has 0 fully saturated rings. The summed E-state index contributed by atoms with van der Waals surface area (Å²) in [6.07, 6.45) is 0. The first kappa shape index (κ1) is 16.1. The van der Waals surface area contributed by atoms with E-state index >= 15 is 0 Å². The maximum absolute atomic E-state index is 12.6. The summed E-state index contributed by atoms with van der Waals surface area (Å²) < 4.78 is 0. The van der Waals surface area contributed by atoms with Crippen molar-refractivity contribution in [2.24, 2.45) is 0 Å². The predicted octanol–water partition coefficient (Wildman–Crippen LogP) is 4.33. The van der Waals surface area contributed by atoms with E-state index in [1.54, 1.807) is 11.3 Å². The van der Waals surface area contributed by atoms with E-state index in [4.69, 9.17) is 5.73 Å². The van der Waals surface area contributed by atoms with Gasteiger partial charge in [-0.2, -0.15) is 0 Å². The standard InChI is InChI=1S/C16H13N5OS3/c1-7-6-8(2)18-15-10(7)11(17)12(24-15)13(22)19-16-21-20-14(25-16)9-4-3-5-23-9/h3-6H,17H2,1-2H3,(H,19,21,22). The van der Waals surface area contributed by atoms with Crippen molar-refractivity contribution < 1.29 is 4.79 Å². The normalized spacial score (nSPS) is 11.1. The number of fused-ring (bicyclic) bond motifs is 1. The van der Waals surface area contributed by atoms with Crippen LogP contribution in [0.5, 0.6) is 0 Å². The van der Waals surface area contributed by atoms with Gasteiger partial charge in [0.25, 0.3) is 5.91 Å². The molecule has 0 saturated carbocycles. The zero-order valence-corrected chi connectivity index (χ0v) is 15.8. The number of thiophene rings is 2. The molecule has 4 aromatic rings. The number of carbonyl (C=O) groups is 1. The lowest BCUT2D eigenvalue weighted by atomic mass is 10.1. The fraction of sp³-hybridized carbons (Fsp3) is 0.125. The summed E-state index contributed by atoms with van der Waals surface area (Å²) in [4.78, 5) is 19.4. The van der Waals surface area contributed by atoms with E-state index in [2.05, 4.69) is 20.5 Å². The fourth-order valence-electron chi connectivity index (χ4n) is 2.57. The molecule has 4 heterocycles. The zero-order valence-electron chi connectivity index (χ0n) is 13.4. The van der Waals surface area contributed by atoms with E-state index in [0.717, 1.165) is 31.4 Å². The van der Waals surface area contributed by atoms with E-state index in [9.17, 15) is 4.79 Å². The molecule has 0 aromatic carbocycles. The predicted molar refractivity (Wildman–Crippen MR) is 105 cm³/mol. The first-order valence-corrected chi connectivity index (χ1v) is 9.89. The zero-order chi connectivity index (χ0) is 17.6. The minimum Gasteiger partial charge on any atom is -0.397 e. The molecule has 9 heteroatoms. The summed E-state index contributed by atoms with van der Waals surface area (Å²) in [5.41, 5.74) is 8.59. The Morgan fingerprint density at radius 2 is 2.08 bits per heavy atom. The number of aryl methyl sites for hydroxylation is 2. The topological polar surface area (TPSA) is 93.8 Å². The number of nitrogens with one attached hydrogen (secondary N) is 1. The second-order valence-corrected chi connectivity index (χ2v) is 8.37. The third-order valence-electron chi connectivity index (χ3n) is 3.61. The van der Waals surface area contributed by atoms with E-state index in [0.29, 0.717) is 15.7 Å². The van der Waals surface area contributed by atoms with Crippen molar-refractivity contribution in [3.05, 3.63) is 39.7 Å². The van der Waals surface area contributed by atoms with Crippen molar-refractivity contribution >= 4 is 61.0 Å². The number of anilines is 2. The Kier molecular flexibility index (Phi) is 3.98. The van der Waals surface area contributed by atoms with Crippen molar-refractivity contribution in [2.45, 2.75) is 13.8 Å². The molecule has 0 atom stereocenters. The van der Waals surface area contributed by atoms with Crippen LogP contribution in [-0.4, -0.2) is 21.1 Å². The van der Waals surface area contributed by atoms with Crippen LogP contribution in [0.15, 0.2) is 23.6 Å². The van der Waals surface area contributed by atoms with Crippen LogP contribution in [0.25, 0.3) is 20.1 Å². The minimum atomic E-state index is -0.286. The summed E-state index contributed by atoms with van der Waals surface area (Å²) in [6.45, 7) is 3.90. The van der Waals surface area contributed by atoms with Gasteiger partial charge in [-0.3, -0.25) is 10.1 Å². The van der Waals surface area contributed by atoms with Gasteiger partial charge in [-0.15, -0.1) is 32.9 Å².